The van der Waals surface area contributed by atoms with Crippen LogP contribution in [-0.2, 0) is 20.9 Å². The van der Waals surface area contributed by atoms with Crippen molar-refractivity contribution in [2.24, 2.45) is 0 Å². The number of benzene rings is 1. The summed E-state index contributed by atoms with van der Waals surface area (Å²) in [6.45, 7) is 0.00747. The zero-order chi connectivity index (χ0) is 30.0. The molecule has 42 heavy (non-hydrogen) atoms. The molecule has 0 bridgehead atoms. The molecule has 0 saturated carbocycles. The zero-order valence-electron chi connectivity index (χ0n) is 21.3. The topological polar surface area (TPSA) is 227 Å². The number of anilines is 1. The van der Waals surface area contributed by atoms with Gasteiger partial charge < -0.3 is 26.4 Å². The standard InChI is InChI=1S/C23H22N8O7S4/c24-22-25-12(9-40-22)16(42-13-4-2-1-3-11(13)20(35)36)17(33)26-14-18(34)31-15(21(37)38)10(7-39-19(14)31)8-41-23-27-28-29-30(23)5-6-32/h1-4,9,14,16,19,32H,5-8H2,(H2,24,25)(H,26,33)(H,35,36)(H,37,38)/t14?,16?,19-/m1/s1. The second-order valence-corrected chi connectivity index (χ2v) is 12.8. The monoisotopic (exact) mass is 650 g/mol. The summed E-state index contributed by atoms with van der Waals surface area (Å²) in [6.07, 6.45) is 0. The number of tetrazole rings is 1. The first kappa shape index (κ1) is 29.8. The van der Waals surface area contributed by atoms with Crippen LogP contribution in [0.25, 0.3) is 0 Å². The summed E-state index contributed by atoms with van der Waals surface area (Å²) in [5, 5.41) is 43.2. The largest absolute Gasteiger partial charge is 0.478 e. The first-order valence-electron chi connectivity index (χ1n) is 12.1. The van der Waals surface area contributed by atoms with Crippen LogP contribution < -0.4 is 11.1 Å². The van der Waals surface area contributed by atoms with Gasteiger partial charge in [-0.25, -0.2) is 19.3 Å². The maximum absolute atomic E-state index is 13.6. The number of thiazole rings is 1. The molecule has 2 unspecified atom stereocenters. The number of rotatable bonds is 12. The predicted molar refractivity (Wildman–Crippen MR) is 154 cm³/mol. The van der Waals surface area contributed by atoms with E-state index in [4.69, 9.17) is 10.8 Å². The molecule has 0 radical (unpaired) electrons. The average molecular weight is 651 g/mol. The highest BCUT2D eigenvalue weighted by Crippen LogP contribution is 2.43. The molecule has 0 aliphatic carbocycles. The smallest absolute Gasteiger partial charge is 0.352 e. The number of aliphatic hydroxyl groups is 1. The van der Waals surface area contributed by atoms with E-state index in [1.165, 1.54) is 34.3 Å². The van der Waals surface area contributed by atoms with Gasteiger partial charge in [0.1, 0.15) is 22.4 Å². The Morgan fingerprint density at radius 2 is 2.00 bits per heavy atom. The Labute approximate surface area is 253 Å². The normalized spacial score (nSPS) is 18.8. The van der Waals surface area contributed by atoms with E-state index in [1.807, 2.05) is 0 Å². The third kappa shape index (κ3) is 5.95. The Kier molecular flexibility index (Phi) is 9.02. The lowest BCUT2D eigenvalue weighted by molar-refractivity contribution is -0.150. The Balaban J connectivity index is 1.33. The molecule has 2 aliphatic rings. The van der Waals surface area contributed by atoms with Crippen LogP contribution in [0, 0.1) is 0 Å². The number of nitrogen functional groups attached to an aromatic ring is 1. The van der Waals surface area contributed by atoms with E-state index < -0.39 is 40.4 Å². The molecule has 2 aliphatic heterocycles. The molecule has 3 atom stereocenters. The molecular weight excluding hydrogens is 629 g/mol. The Morgan fingerprint density at radius 1 is 1.21 bits per heavy atom. The number of carboxylic acid groups (broad SMARTS) is 2. The first-order chi connectivity index (χ1) is 20.2. The molecule has 19 heteroatoms. The number of aliphatic carboxylic acids is 1. The molecule has 5 rings (SSSR count). The van der Waals surface area contributed by atoms with Crippen LogP contribution in [0.2, 0.25) is 0 Å². The van der Waals surface area contributed by atoms with E-state index in [-0.39, 0.29) is 41.0 Å². The number of aliphatic hydroxyl groups excluding tert-OH is 1. The van der Waals surface area contributed by atoms with Crippen molar-refractivity contribution in [2.45, 2.75) is 33.3 Å². The number of hydrogen-bond acceptors (Lipinski definition) is 14. The highest BCUT2D eigenvalue weighted by atomic mass is 32.2. The summed E-state index contributed by atoms with van der Waals surface area (Å²) >= 11 is 4.57. The fourth-order valence-electron chi connectivity index (χ4n) is 4.25. The number of aromatic nitrogens is 5. The number of amides is 2. The number of thioether (sulfide) groups is 3. The molecular formula is C23H22N8O7S4. The van der Waals surface area contributed by atoms with E-state index in [1.54, 1.807) is 23.6 Å². The number of carbonyl (C=O) groups excluding carboxylic acids is 2. The number of hydrogen-bond donors (Lipinski definition) is 5. The van der Waals surface area contributed by atoms with Gasteiger partial charge in [0.25, 0.3) is 5.91 Å². The van der Waals surface area contributed by atoms with Gasteiger partial charge in [0.2, 0.25) is 11.1 Å². The minimum atomic E-state index is -1.28. The van der Waals surface area contributed by atoms with Gasteiger partial charge in [-0.05, 0) is 28.1 Å². The molecule has 3 aromatic rings. The second kappa shape index (κ2) is 12.7. The number of nitrogens with zero attached hydrogens (tertiary/aromatic N) is 6. The van der Waals surface area contributed by atoms with Crippen LogP contribution in [0.1, 0.15) is 21.3 Å². The third-order valence-electron chi connectivity index (χ3n) is 6.14. The van der Waals surface area contributed by atoms with Crippen molar-refractivity contribution in [1.82, 2.24) is 35.4 Å². The number of β-lactam (4-membered cyclic amide) rings is 1. The van der Waals surface area contributed by atoms with E-state index >= 15 is 0 Å². The molecule has 1 fully saturated rings. The van der Waals surface area contributed by atoms with Crippen molar-refractivity contribution in [3.05, 3.63) is 52.2 Å². The second-order valence-electron chi connectivity index (χ2n) is 8.76. The van der Waals surface area contributed by atoms with Crippen LogP contribution in [-0.4, -0.2) is 98.7 Å². The van der Waals surface area contributed by atoms with Crippen molar-refractivity contribution in [3.8, 4) is 0 Å². The Hall–Kier alpha value is -3.65. The van der Waals surface area contributed by atoms with Gasteiger partial charge in [0.05, 0.1) is 24.4 Å². The maximum atomic E-state index is 13.6. The van der Waals surface area contributed by atoms with Gasteiger partial charge in [0.15, 0.2) is 5.13 Å². The fourth-order valence-corrected chi connectivity index (χ4v) is 8.43. The van der Waals surface area contributed by atoms with Crippen molar-refractivity contribution >= 4 is 75.5 Å². The molecule has 4 heterocycles. The average Bonchev–Trinajstić information content (AvgIpc) is 3.61. The Morgan fingerprint density at radius 3 is 2.69 bits per heavy atom. The molecule has 2 amide bonds. The highest BCUT2D eigenvalue weighted by Gasteiger charge is 2.54. The highest BCUT2D eigenvalue weighted by molar-refractivity contribution is 8.01. The van der Waals surface area contributed by atoms with Gasteiger partial charge in [-0.15, -0.1) is 40.0 Å². The number of carbonyl (C=O) groups is 4. The van der Waals surface area contributed by atoms with Crippen molar-refractivity contribution in [1.29, 1.82) is 0 Å². The van der Waals surface area contributed by atoms with Crippen LogP contribution >= 0.6 is 46.6 Å². The van der Waals surface area contributed by atoms with Crippen LogP contribution in [0.5, 0.6) is 0 Å². The molecule has 2 aromatic heterocycles. The maximum Gasteiger partial charge on any atom is 0.352 e. The van der Waals surface area contributed by atoms with Crippen LogP contribution in [0.15, 0.2) is 51.0 Å². The summed E-state index contributed by atoms with van der Waals surface area (Å²) in [4.78, 5) is 56.5. The number of nitrogens with one attached hydrogen (secondary N) is 1. The molecule has 1 saturated heterocycles. The lowest BCUT2D eigenvalue weighted by Crippen LogP contribution is -2.70. The zero-order valence-corrected chi connectivity index (χ0v) is 24.6. The van der Waals surface area contributed by atoms with Gasteiger partial charge in [-0.2, -0.15) is 0 Å². The summed E-state index contributed by atoms with van der Waals surface area (Å²) in [5.41, 5.74) is 6.43. The molecule has 6 N–H and O–H groups in total. The fraction of sp³-hybridized carbons (Fsp3) is 0.304. The number of fused-ring (bicyclic) bond motifs is 1. The lowest BCUT2D eigenvalue weighted by atomic mass is 10.0. The summed E-state index contributed by atoms with van der Waals surface area (Å²) in [7, 11) is 0. The minimum absolute atomic E-state index is 0.00395. The van der Waals surface area contributed by atoms with E-state index in [9.17, 15) is 29.4 Å². The lowest BCUT2D eigenvalue weighted by Gasteiger charge is -2.49. The SMILES string of the molecule is Nc1nc(C(Sc2ccccc2C(=O)O)C(=O)NC2C(=O)N3C(C(=O)O)=C(CSc4nnnn4CCO)CS[C@H]23)cs1. The molecule has 0 spiro atoms. The Bertz CT molecular complexity index is 1580. The van der Waals surface area contributed by atoms with Crippen molar-refractivity contribution in [2.75, 3.05) is 23.8 Å². The van der Waals surface area contributed by atoms with Crippen LogP contribution in [0.3, 0.4) is 0 Å². The summed E-state index contributed by atoms with van der Waals surface area (Å²) in [6, 6.07) is 5.21. The molecule has 15 nitrogen and oxygen atoms in total. The third-order valence-corrected chi connectivity index (χ3v) is 10.5. The molecule has 1 aromatic carbocycles. The van der Waals surface area contributed by atoms with Crippen molar-refractivity contribution in [3.63, 3.8) is 0 Å². The quantitative estimate of drug-likeness (QED) is 0.135. The predicted octanol–water partition coefficient (Wildman–Crippen LogP) is 0.767. The van der Waals surface area contributed by atoms with Crippen molar-refractivity contribution < 1.29 is 34.5 Å². The molecule has 220 valence electrons. The number of nitrogens with two attached hydrogens (primary N) is 1. The minimum Gasteiger partial charge on any atom is -0.478 e. The van der Waals surface area contributed by atoms with Crippen LogP contribution in [0.4, 0.5) is 5.13 Å². The summed E-state index contributed by atoms with van der Waals surface area (Å²) in [5.74, 6) is -3.14. The van der Waals surface area contributed by atoms with Gasteiger partial charge >= 0.3 is 11.9 Å². The first-order valence-corrected chi connectivity index (χ1v) is 15.9. The number of aromatic carboxylic acids is 1. The van der Waals surface area contributed by atoms with Gasteiger partial charge in [-0.1, -0.05) is 23.9 Å². The van der Waals surface area contributed by atoms with E-state index in [2.05, 4.69) is 25.8 Å². The van der Waals surface area contributed by atoms with Gasteiger partial charge in [0, 0.05) is 21.8 Å². The number of carboxylic acids is 2. The van der Waals surface area contributed by atoms with Gasteiger partial charge in [-0.3, -0.25) is 14.5 Å². The summed E-state index contributed by atoms with van der Waals surface area (Å²) < 4.78 is 1.39. The van der Waals surface area contributed by atoms with E-state index in [0.717, 1.165) is 28.0 Å². The van der Waals surface area contributed by atoms with E-state index in [0.29, 0.717) is 21.3 Å².